The molecule has 0 atom stereocenters. The Morgan fingerprint density at radius 2 is 1.88 bits per heavy atom. The van der Waals surface area contributed by atoms with Crippen LogP contribution in [0.2, 0.25) is 0 Å². The summed E-state index contributed by atoms with van der Waals surface area (Å²) in [6.45, 7) is 4.32. The summed E-state index contributed by atoms with van der Waals surface area (Å²) >= 11 is 1.50. The Morgan fingerprint density at radius 3 is 2.62 bits per heavy atom. The second kappa shape index (κ2) is 7.49. The zero-order chi connectivity index (χ0) is 18.7. The van der Waals surface area contributed by atoms with Gasteiger partial charge in [-0.1, -0.05) is 18.2 Å². The molecule has 0 saturated heterocycles. The maximum atomic E-state index is 13.1. The van der Waals surface area contributed by atoms with Crippen LogP contribution in [0.3, 0.4) is 0 Å². The number of nitrogens with zero attached hydrogens (tertiary/aromatic N) is 2. The second-order valence-electron chi connectivity index (χ2n) is 6.16. The zero-order valence-electron chi connectivity index (χ0n) is 14.4. The van der Waals surface area contributed by atoms with Crippen LogP contribution in [-0.2, 0) is 12.6 Å². The molecule has 0 aliphatic heterocycles. The number of hydrogen-bond acceptors (Lipinski definition) is 5. The minimum atomic E-state index is -4.35. The molecule has 8 heteroatoms. The molecule has 0 saturated carbocycles. The van der Waals surface area contributed by atoms with E-state index in [4.69, 9.17) is 0 Å². The van der Waals surface area contributed by atoms with E-state index in [2.05, 4.69) is 20.6 Å². The lowest BCUT2D eigenvalue weighted by Gasteiger charge is -2.14. The van der Waals surface area contributed by atoms with Gasteiger partial charge in [0.2, 0.25) is 5.95 Å². The molecular weight excluding hydrogens is 361 g/mol. The molecule has 0 aliphatic carbocycles. The highest BCUT2D eigenvalue weighted by Crippen LogP contribution is 2.32. The molecule has 3 rings (SSSR count). The quantitative estimate of drug-likeness (QED) is 0.618. The first kappa shape index (κ1) is 18.4. The highest BCUT2D eigenvalue weighted by molar-refractivity contribution is 7.17. The van der Waals surface area contributed by atoms with Crippen molar-refractivity contribution >= 4 is 33.3 Å². The fourth-order valence-corrected chi connectivity index (χ4v) is 3.43. The SMILES string of the molecule is CC(C)Nc1nc(NCCc2ccccc2C(F)(F)F)c2sccc2n1. The number of anilines is 2. The fourth-order valence-electron chi connectivity index (χ4n) is 2.64. The van der Waals surface area contributed by atoms with Gasteiger partial charge in [0.25, 0.3) is 0 Å². The molecule has 1 aromatic carbocycles. The van der Waals surface area contributed by atoms with Crippen molar-refractivity contribution in [2.24, 2.45) is 0 Å². The lowest BCUT2D eigenvalue weighted by Crippen LogP contribution is -2.15. The van der Waals surface area contributed by atoms with E-state index in [0.717, 1.165) is 16.3 Å². The highest BCUT2D eigenvalue weighted by atomic mass is 32.1. The number of halogens is 3. The molecule has 2 heterocycles. The number of fused-ring (bicyclic) bond motifs is 1. The number of benzene rings is 1. The Kier molecular flexibility index (Phi) is 5.31. The van der Waals surface area contributed by atoms with Gasteiger partial charge in [-0.25, -0.2) is 4.98 Å². The van der Waals surface area contributed by atoms with Gasteiger partial charge in [0.15, 0.2) is 0 Å². The fraction of sp³-hybridized carbons (Fsp3) is 0.333. The van der Waals surface area contributed by atoms with Crippen molar-refractivity contribution in [3.63, 3.8) is 0 Å². The second-order valence-corrected chi connectivity index (χ2v) is 7.08. The normalized spacial score (nSPS) is 11.9. The number of aromatic nitrogens is 2. The van der Waals surface area contributed by atoms with E-state index in [1.807, 2.05) is 25.3 Å². The van der Waals surface area contributed by atoms with Gasteiger partial charge in [0, 0.05) is 12.6 Å². The smallest absolute Gasteiger partial charge is 0.368 e. The van der Waals surface area contributed by atoms with E-state index in [-0.39, 0.29) is 18.0 Å². The number of thiophene rings is 1. The van der Waals surface area contributed by atoms with Crippen LogP contribution in [0.25, 0.3) is 10.2 Å². The van der Waals surface area contributed by atoms with Crippen molar-refractivity contribution < 1.29 is 13.2 Å². The summed E-state index contributed by atoms with van der Waals surface area (Å²) in [5, 5.41) is 8.24. The molecule has 0 unspecified atom stereocenters. The Hall–Kier alpha value is -2.35. The van der Waals surface area contributed by atoms with Gasteiger partial charge in [-0.05, 0) is 43.3 Å². The molecule has 26 heavy (non-hydrogen) atoms. The minimum Gasteiger partial charge on any atom is -0.368 e. The summed E-state index contributed by atoms with van der Waals surface area (Å²) in [5.74, 6) is 1.14. The number of alkyl halides is 3. The van der Waals surface area contributed by atoms with E-state index < -0.39 is 11.7 Å². The zero-order valence-corrected chi connectivity index (χ0v) is 15.2. The summed E-state index contributed by atoms with van der Waals surface area (Å²) in [5.41, 5.74) is 0.490. The van der Waals surface area contributed by atoms with Crippen LogP contribution < -0.4 is 10.6 Å². The molecule has 0 radical (unpaired) electrons. The molecule has 138 valence electrons. The van der Waals surface area contributed by atoms with Gasteiger partial charge < -0.3 is 10.6 Å². The topological polar surface area (TPSA) is 49.8 Å². The summed E-state index contributed by atoms with van der Waals surface area (Å²) in [7, 11) is 0. The minimum absolute atomic E-state index is 0.178. The summed E-state index contributed by atoms with van der Waals surface area (Å²) in [6.07, 6.45) is -4.10. The largest absolute Gasteiger partial charge is 0.416 e. The monoisotopic (exact) mass is 380 g/mol. The summed E-state index contributed by atoms with van der Waals surface area (Å²) < 4.78 is 40.2. The Labute approximate surface area is 153 Å². The average molecular weight is 380 g/mol. The van der Waals surface area contributed by atoms with Crippen LogP contribution in [0.1, 0.15) is 25.0 Å². The molecule has 0 aliphatic rings. The molecule has 0 fully saturated rings. The van der Waals surface area contributed by atoms with Crippen molar-refractivity contribution in [1.29, 1.82) is 0 Å². The number of rotatable bonds is 6. The summed E-state index contributed by atoms with van der Waals surface area (Å²) in [4.78, 5) is 8.92. The third kappa shape index (κ3) is 4.24. The van der Waals surface area contributed by atoms with Gasteiger partial charge in [-0.2, -0.15) is 18.2 Å². The van der Waals surface area contributed by atoms with Crippen LogP contribution in [0.15, 0.2) is 35.7 Å². The molecule has 0 spiro atoms. The van der Waals surface area contributed by atoms with Gasteiger partial charge >= 0.3 is 6.18 Å². The molecule has 0 amide bonds. The van der Waals surface area contributed by atoms with Crippen LogP contribution in [0.5, 0.6) is 0 Å². The molecule has 3 aromatic rings. The van der Waals surface area contributed by atoms with Crippen molar-refractivity contribution in [3.8, 4) is 0 Å². The predicted molar refractivity (Wildman–Crippen MR) is 99.8 cm³/mol. The van der Waals surface area contributed by atoms with Crippen LogP contribution in [0.4, 0.5) is 24.9 Å². The van der Waals surface area contributed by atoms with E-state index in [9.17, 15) is 13.2 Å². The predicted octanol–water partition coefficient (Wildman–Crippen LogP) is 5.19. The molecule has 2 aromatic heterocycles. The van der Waals surface area contributed by atoms with Crippen LogP contribution in [-0.4, -0.2) is 22.6 Å². The summed E-state index contributed by atoms with van der Waals surface area (Å²) in [6, 6.07) is 7.73. The van der Waals surface area contributed by atoms with Gasteiger partial charge in [0.05, 0.1) is 15.8 Å². The first-order valence-electron chi connectivity index (χ1n) is 8.25. The Bertz CT molecular complexity index is 890. The van der Waals surface area contributed by atoms with Crippen molar-refractivity contribution in [2.45, 2.75) is 32.5 Å². The lowest BCUT2D eigenvalue weighted by molar-refractivity contribution is -0.138. The third-order valence-electron chi connectivity index (χ3n) is 3.73. The van der Waals surface area contributed by atoms with E-state index in [1.54, 1.807) is 6.07 Å². The van der Waals surface area contributed by atoms with E-state index >= 15 is 0 Å². The maximum absolute atomic E-state index is 13.1. The van der Waals surface area contributed by atoms with Crippen LogP contribution >= 0.6 is 11.3 Å². The van der Waals surface area contributed by atoms with Crippen molar-refractivity contribution in [2.75, 3.05) is 17.2 Å². The Morgan fingerprint density at radius 1 is 1.12 bits per heavy atom. The van der Waals surface area contributed by atoms with E-state index in [1.165, 1.54) is 23.5 Å². The van der Waals surface area contributed by atoms with Gasteiger partial charge in [-0.3, -0.25) is 0 Å². The number of nitrogens with one attached hydrogen (secondary N) is 2. The molecule has 0 bridgehead atoms. The average Bonchev–Trinajstić information content (AvgIpc) is 3.02. The van der Waals surface area contributed by atoms with Crippen LogP contribution in [0, 0.1) is 0 Å². The highest BCUT2D eigenvalue weighted by Gasteiger charge is 2.32. The first-order valence-corrected chi connectivity index (χ1v) is 9.13. The third-order valence-corrected chi connectivity index (χ3v) is 4.64. The molecular formula is C18H19F3N4S. The Balaban J connectivity index is 1.77. The van der Waals surface area contributed by atoms with E-state index in [0.29, 0.717) is 18.3 Å². The van der Waals surface area contributed by atoms with Gasteiger partial charge in [-0.15, -0.1) is 11.3 Å². The lowest BCUT2D eigenvalue weighted by atomic mass is 10.0. The van der Waals surface area contributed by atoms with Gasteiger partial charge in [0.1, 0.15) is 5.82 Å². The maximum Gasteiger partial charge on any atom is 0.416 e. The van der Waals surface area contributed by atoms with Crippen molar-refractivity contribution in [3.05, 3.63) is 46.8 Å². The molecule has 4 nitrogen and oxygen atoms in total. The molecule has 2 N–H and O–H groups in total. The van der Waals surface area contributed by atoms with Crippen molar-refractivity contribution in [1.82, 2.24) is 9.97 Å². The standard InChI is InChI=1S/C18H19F3N4S/c1-11(2)23-17-24-14-8-10-26-15(14)16(25-17)22-9-7-12-5-3-4-6-13(12)18(19,20)21/h3-6,8,10-11H,7,9H2,1-2H3,(H2,22,23,24,25). The first-order chi connectivity index (χ1) is 12.3. The number of hydrogen-bond donors (Lipinski definition) is 2.